The first-order valence-corrected chi connectivity index (χ1v) is 11.4. The molecule has 2 aromatic carbocycles. The fraction of sp³-hybridized carbons (Fsp3) is 0.320. The summed E-state index contributed by atoms with van der Waals surface area (Å²) in [5.41, 5.74) is 3.06. The van der Waals surface area contributed by atoms with Crippen LogP contribution in [-0.2, 0) is 9.47 Å². The number of H-pyrrole nitrogens is 1. The molecule has 180 valence electrons. The van der Waals surface area contributed by atoms with Gasteiger partial charge in [0.05, 0.1) is 37.4 Å². The molecule has 6 rings (SSSR count). The second-order valence-electron chi connectivity index (χ2n) is 8.69. The number of benzene rings is 2. The Kier molecular flexibility index (Phi) is 5.46. The number of carbonyl (C=O) groups is 1. The number of hydrogen-bond donors (Lipinski definition) is 1. The summed E-state index contributed by atoms with van der Waals surface area (Å²) in [6, 6.07) is 12.3. The summed E-state index contributed by atoms with van der Waals surface area (Å²) in [7, 11) is 1.55. The van der Waals surface area contributed by atoms with Gasteiger partial charge in [-0.25, -0.2) is 4.39 Å². The molecule has 1 N–H and O–H groups in total. The molecule has 2 bridgehead atoms. The largest absolute Gasteiger partial charge is 0.488 e. The Bertz CT molecular complexity index is 1370. The van der Waals surface area contributed by atoms with Gasteiger partial charge in [0.15, 0.2) is 17.3 Å². The third-order valence-electron chi connectivity index (χ3n) is 6.52. The van der Waals surface area contributed by atoms with Crippen LogP contribution in [0.5, 0.6) is 5.75 Å². The molecule has 35 heavy (non-hydrogen) atoms. The van der Waals surface area contributed by atoms with Crippen LogP contribution in [-0.4, -0.2) is 71.8 Å². The number of rotatable bonds is 7. The van der Waals surface area contributed by atoms with E-state index in [0.717, 1.165) is 12.0 Å². The van der Waals surface area contributed by atoms with Gasteiger partial charge >= 0.3 is 0 Å². The van der Waals surface area contributed by atoms with Gasteiger partial charge in [0.2, 0.25) is 0 Å². The van der Waals surface area contributed by atoms with Gasteiger partial charge in [-0.15, -0.1) is 0 Å². The molecule has 2 unspecified atom stereocenters. The Morgan fingerprint density at radius 3 is 2.71 bits per heavy atom. The number of ether oxygens (including phenoxy) is 3. The Labute approximate surface area is 199 Å². The van der Waals surface area contributed by atoms with Crippen molar-refractivity contribution in [2.45, 2.75) is 18.5 Å². The van der Waals surface area contributed by atoms with Crippen LogP contribution < -0.4 is 4.74 Å². The minimum absolute atomic E-state index is 0.0255. The number of methoxy groups -OCH3 is 1. The summed E-state index contributed by atoms with van der Waals surface area (Å²) < 4.78 is 35.9. The fourth-order valence-corrected chi connectivity index (χ4v) is 4.68. The predicted octanol–water partition coefficient (Wildman–Crippen LogP) is 3.66. The molecule has 4 heterocycles. The summed E-state index contributed by atoms with van der Waals surface area (Å²) in [6.07, 6.45) is 1.01. The molecule has 0 radical (unpaired) electrons. The van der Waals surface area contributed by atoms with Crippen molar-refractivity contribution in [1.82, 2.24) is 20.3 Å². The lowest BCUT2D eigenvalue weighted by Gasteiger charge is -2.52. The van der Waals surface area contributed by atoms with Crippen molar-refractivity contribution in [3.63, 3.8) is 0 Å². The molecule has 4 aromatic rings. The van der Waals surface area contributed by atoms with Crippen molar-refractivity contribution in [3.05, 3.63) is 53.8 Å². The molecule has 2 fully saturated rings. The molecule has 1 amide bonds. The van der Waals surface area contributed by atoms with Gasteiger partial charge in [-0.1, -0.05) is 17.3 Å². The first-order chi connectivity index (χ1) is 17.1. The van der Waals surface area contributed by atoms with E-state index < -0.39 is 5.82 Å². The second kappa shape index (κ2) is 8.79. The Morgan fingerprint density at radius 2 is 1.97 bits per heavy atom. The molecule has 2 saturated heterocycles. The molecule has 0 saturated carbocycles. The van der Waals surface area contributed by atoms with E-state index in [0.29, 0.717) is 53.4 Å². The smallest absolute Gasteiger partial charge is 0.254 e. The van der Waals surface area contributed by atoms with Crippen LogP contribution in [0.25, 0.3) is 33.6 Å². The van der Waals surface area contributed by atoms with Crippen LogP contribution in [0.15, 0.2) is 47.0 Å². The van der Waals surface area contributed by atoms with Crippen molar-refractivity contribution in [1.29, 1.82) is 0 Å². The number of fused-ring (bicyclic) bond motifs is 3. The van der Waals surface area contributed by atoms with Crippen molar-refractivity contribution >= 4 is 16.8 Å². The minimum atomic E-state index is -0.505. The van der Waals surface area contributed by atoms with E-state index in [4.69, 9.17) is 18.7 Å². The van der Waals surface area contributed by atoms with Crippen molar-refractivity contribution < 1.29 is 27.9 Å². The third kappa shape index (κ3) is 3.84. The van der Waals surface area contributed by atoms with Gasteiger partial charge in [-0.3, -0.25) is 9.89 Å². The van der Waals surface area contributed by atoms with E-state index in [1.54, 1.807) is 31.4 Å². The SMILES string of the molecule is COCCOc1cc2[nH]nc(-c3cc(-c4ccc(C(=O)N5C6COCC5C6)cc4)no3)c2cc1F. The number of morpholine rings is 1. The summed E-state index contributed by atoms with van der Waals surface area (Å²) >= 11 is 0. The lowest BCUT2D eigenvalue weighted by Crippen LogP contribution is -2.65. The Morgan fingerprint density at radius 1 is 1.17 bits per heavy atom. The number of amides is 1. The molecule has 2 aliphatic rings. The summed E-state index contributed by atoms with van der Waals surface area (Å²) in [4.78, 5) is 14.8. The van der Waals surface area contributed by atoms with Gasteiger partial charge in [0.1, 0.15) is 18.0 Å². The minimum Gasteiger partial charge on any atom is -0.488 e. The molecular formula is C25H23FN4O5. The molecule has 2 aliphatic heterocycles. The maximum Gasteiger partial charge on any atom is 0.254 e. The highest BCUT2D eigenvalue weighted by atomic mass is 19.1. The van der Waals surface area contributed by atoms with Crippen LogP contribution in [0, 0.1) is 5.82 Å². The van der Waals surface area contributed by atoms with E-state index >= 15 is 0 Å². The standard InChI is InChI=1S/C25H23FN4O5/c1-32-6-7-34-22-11-21-18(9-19(22)26)24(28-27-21)23-10-20(29-35-23)14-2-4-15(5-3-14)25(31)30-16-8-17(30)13-33-12-16/h2-5,9-11,16-17H,6-8,12-13H2,1H3,(H,27,28). The highest BCUT2D eigenvalue weighted by Crippen LogP contribution is 2.34. The Balaban J connectivity index is 1.21. The van der Waals surface area contributed by atoms with Gasteiger partial charge in [0, 0.05) is 35.8 Å². The molecule has 2 aromatic heterocycles. The van der Waals surface area contributed by atoms with Crippen molar-refractivity contribution in [3.8, 4) is 28.5 Å². The van der Waals surface area contributed by atoms with E-state index in [1.165, 1.54) is 6.07 Å². The molecule has 0 aliphatic carbocycles. The Hall–Kier alpha value is -3.76. The monoisotopic (exact) mass is 478 g/mol. The molecule has 0 spiro atoms. The molecule has 10 heteroatoms. The van der Waals surface area contributed by atoms with Gasteiger partial charge < -0.3 is 23.6 Å². The van der Waals surface area contributed by atoms with Crippen molar-refractivity contribution in [2.24, 2.45) is 0 Å². The van der Waals surface area contributed by atoms with Gasteiger partial charge in [-0.05, 0) is 24.6 Å². The van der Waals surface area contributed by atoms with Crippen LogP contribution >= 0.6 is 0 Å². The normalized spacial score (nSPS) is 19.1. The number of aromatic amines is 1. The zero-order valence-electron chi connectivity index (χ0n) is 19.0. The zero-order chi connectivity index (χ0) is 23.9. The number of aromatic nitrogens is 3. The maximum atomic E-state index is 14.6. The molecule has 9 nitrogen and oxygen atoms in total. The highest BCUT2D eigenvalue weighted by molar-refractivity contribution is 5.96. The summed E-state index contributed by atoms with van der Waals surface area (Å²) in [5.74, 6) is 0.0333. The summed E-state index contributed by atoms with van der Waals surface area (Å²) in [5, 5.41) is 11.9. The highest BCUT2D eigenvalue weighted by Gasteiger charge is 2.45. The maximum absolute atomic E-state index is 14.6. The van der Waals surface area contributed by atoms with Crippen molar-refractivity contribution in [2.75, 3.05) is 33.5 Å². The van der Waals surface area contributed by atoms with Crippen LogP contribution in [0.4, 0.5) is 4.39 Å². The van der Waals surface area contributed by atoms with E-state index in [9.17, 15) is 9.18 Å². The van der Waals surface area contributed by atoms with E-state index in [-0.39, 0.29) is 30.3 Å². The lowest BCUT2D eigenvalue weighted by atomic mass is 9.90. The molecule has 2 atom stereocenters. The quantitative estimate of drug-likeness (QED) is 0.405. The second-order valence-corrected chi connectivity index (χ2v) is 8.69. The number of carbonyl (C=O) groups excluding carboxylic acids is 1. The first-order valence-electron chi connectivity index (χ1n) is 11.4. The first kappa shape index (κ1) is 21.8. The topological polar surface area (TPSA) is 103 Å². The zero-order valence-corrected chi connectivity index (χ0v) is 19.0. The number of nitrogens with one attached hydrogen (secondary N) is 1. The third-order valence-corrected chi connectivity index (χ3v) is 6.52. The average molecular weight is 478 g/mol. The van der Waals surface area contributed by atoms with E-state index in [1.807, 2.05) is 17.0 Å². The average Bonchev–Trinajstić information content (AvgIpc) is 3.52. The number of nitrogens with zero attached hydrogens (tertiary/aromatic N) is 3. The van der Waals surface area contributed by atoms with Crippen LogP contribution in [0.1, 0.15) is 16.8 Å². The van der Waals surface area contributed by atoms with Gasteiger partial charge in [-0.2, -0.15) is 5.10 Å². The number of hydrogen-bond acceptors (Lipinski definition) is 7. The van der Waals surface area contributed by atoms with E-state index in [2.05, 4.69) is 15.4 Å². The summed E-state index contributed by atoms with van der Waals surface area (Å²) in [6.45, 7) is 1.81. The predicted molar refractivity (Wildman–Crippen MR) is 124 cm³/mol. The number of halogens is 1. The molecular weight excluding hydrogens is 455 g/mol. The van der Waals surface area contributed by atoms with Crippen LogP contribution in [0.2, 0.25) is 0 Å². The fourth-order valence-electron chi connectivity index (χ4n) is 4.68. The lowest BCUT2D eigenvalue weighted by molar-refractivity contribution is -0.104. The van der Waals surface area contributed by atoms with Crippen LogP contribution in [0.3, 0.4) is 0 Å². The van der Waals surface area contributed by atoms with Gasteiger partial charge in [0.25, 0.3) is 5.91 Å².